The van der Waals surface area contributed by atoms with Crippen LogP contribution in [0.1, 0.15) is 49.8 Å². The first-order valence-corrected chi connectivity index (χ1v) is 5.90. The fourth-order valence-electron chi connectivity index (χ4n) is 1.72. The van der Waals surface area contributed by atoms with Crippen molar-refractivity contribution in [3.05, 3.63) is 45.8 Å². The minimum Gasteiger partial charge on any atom is -0.481 e. The zero-order valence-corrected chi connectivity index (χ0v) is 10.6. The Balaban J connectivity index is 2.85. The molecule has 0 fully saturated rings. The van der Waals surface area contributed by atoms with E-state index >= 15 is 0 Å². The first kappa shape index (κ1) is 14.1. The van der Waals surface area contributed by atoms with Crippen molar-refractivity contribution in [3.8, 4) is 0 Å². The molecule has 0 aromatic heterocycles. The normalized spacial score (nSPS) is 11.9. The van der Waals surface area contributed by atoms with E-state index in [2.05, 4.69) is 23.9 Å². The fraction of sp³-hybridized carbons (Fsp3) is 0.462. The molecular weight excluding hydrogens is 230 g/mol. The minimum absolute atomic E-state index is 0.00435. The molecule has 1 atom stereocenters. The van der Waals surface area contributed by atoms with Gasteiger partial charge in [0.1, 0.15) is 0 Å². The molecule has 0 saturated heterocycles. The first-order chi connectivity index (χ1) is 8.54. The van der Waals surface area contributed by atoms with Gasteiger partial charge in [0.15, 0.2) is 0 Å². The summed E-state index contributed by atoms with van der Waals surface area (Å²) in [6, 6.07) is 7.36. The van der Waals surface area contributed by atoms with Gasteiger partial charge in [0.25, 0.3) is 0 Å². The quantitative estimate of drug-likeness (QED) is 0.467. The summed E-state index contributed by atoms with van der Waals surface area (Å²) in [5.41, 5.74) is 10.6. The maximum atomic E-state index is 10.5. The van der Waals surface area contributed by atoms with E-state index in [-0.39, 0.29) is 6.42 Å². The van der Waals surface area contributed by atoms with Crippen LogP contribution in [-0.2, 0) is 4.79 Å². The Labute approximate surface area is 106 Å². The van der Waals surface area contributed by atoms with Gasteiger partial charge in [0.2, 0.25) is 0 Å². The summed E-state index contributed by atoms with van der Waals surface area (Å²) < 4.78 is 0. The van der Waals surface area contributed by atoms with Gasteiger partial charge in [-0.05, 0) is 29.0 Å². The third kappa shape index (κ3) is 4.11. The highest BCUT2D eigenvalue weighted by molar-refractivity contribution is 5.66. The molecule has 0 radical (unpaired) electrons. The van der Waals surface area contributed by atoms with Crippen molar-refractivity contribution in [2.24, 2.45) is 5.11 Å². The molecule has 5 heteroatoms. The Morgan fingerprint density at radius 1 is 1.33 bits per heavy atom. The Morgan fingerprint density at radius 2 is 1.89 bits per heavy atom. The van der Waals surface area contributed by atoms with E-state index in [4.69, 9.17) is 10.6 Å². The molecule has 1 aromatic rings. The molecule has 0 aliphatic heterocycles. The van der Waals surface area contributed by atoms with Crippen LogP contribution in [-0.4, -0.2) is 11.1 Å². The summed E-state index contributed by atoms with van der Waals surface area (Å²) >= 11 is 0. The predicted octanol–water partition coefficient (Wildman–Crippen LogP) is 4.03. The molecule has 0 heterocycles. The van der Waals surface area contributed by atoms with Crippen LogP contribution in [0.3, 0.4) is 0 Å². The van der Waals surface area contributed by atoms with E-state index in [0.29, 0.717) is 12.3 Å². The van der Waals surface area contributed by atoms with Crippen LogP contribution in [0.15, 0.2) is 29.4 Å². The highest BCUT2D eigenvalue weighted by atomic mass is 16.4. The highest BCUT2D eigenvalue weighted by Crippen LogP contribution is 2.25. The van der Waals surface area contributed by atoms with Gasteiger partial charge in [0, 0.05) is 11.3 Å². The van der Waals surface area contributed by atoms with Gasteiger partial charge in [-0.3, -0.25) is 4.79 Å². The molecule has 96 valence electrons. The molecule has 1 aromatic carbocycles. The standard InChI is InChI=1S/C13H17N3O2/c1-9(2)10-3-5-11(6-4-10)12(15-16-14)7-8-13(17)18/h3-6,9,12H,7-8H2,1-2H3,(H,17,18). The van der Waals surface area contributed by atoms with Gasteiger partial charge in [-0.15, -0.1) is 0 Å². The Hall–Kier alpha value is -2.00. The predicted molar refractivity (Wildman–Crippen MR) is 69.3 cm³/mol. The van der Waals surface area contributed by atoms with Crippen molar-refractivity contribution in [1.82, 2.24) is 0 Å². The third-order valence-electron chi connectivity index (χ3n) is 2.81. The van der Waals surface area contributed by atoms with Crippen molar-refractivity contribution in [1.29, 1.82) is 0 Å². The molecule has 1 rings (SSSR count). The molecule has 0 saturated carbocycles. The molecule has 0 aliphatic rings. The van der Waals surface area contributed by atoms with Gasteiger partial charge >= 0.3 is 5.97 Å². The number of hydrogen-bond donors (Lipinski definition) is 1. The second kappa shape index (κ2) is 6.67. The molecule has 5 nitrogen and oxygen atoms in total. The maximum absolute atomic E-state index is 10.5. The molecule has 1 N–H and O–H groups in total. The van der Waals surface area contributed by atoms with E-state index in [1.165, 1.54) is 5.56 Å². The van der Waals surface area contributed by atoms with Gasteiger partial charge in [-0.25, -0.2) is 0 Å². The smallest absolute Gasteiger partial charge is 0.303 e. The second-order valence-corrected chi connectivity index (χ2v) is 4.47. The molecule has 1 unspecified atom stereocenters. The largest absolute Gasteiger partial charge is 0.481 e. The van der Waals surface area contributed by atoms with Gasteiger partial charge in [-0.2, -0.15) is 0 Å². The monoisotopic (exact) mass is 247 g/mol. The zero-order valence-electron chi connectivity index (χ0n) is 10.6. The SMILES string of the molecule is CC(C)c1ccc(C(CCC(=O)O)N=[N+]=[N-])cc1. The zero-order chi connectivity index (χ0) is 13.5. The molecule has 0 aliphatic carbocycles. The van der Waals surface area contributed by atoms with E-state index in [1.54, 1.807) is 0 Å². The Bertz CT molecular complexity index is 448. The van der Waals surface area contributed by atoms with E-state index < -0.39 is 12.0 Å². The summed E-state index contributed by atoms with van der Waals surface area (Å²) in [5.74, 6) is -0.442. The molecule has 0 bridgehead atoms. The molecule has 0 amide bonds. The number of carboxylic acid groups (broad SMARTS) is 1. The molecule has 0 spiro atoms. The number of nitrogens with zero attached hydrogens (tertiary/aromatic N) is 3. The van der Waals surface area contributed by atoms with E-state index in [0.717, 1.165) is 5.56 Å². The van der Waals surface area contributed by atoms with Gasteiger partial charge in [-0.1, -0.05) is 43.2 Å². The summed E-state index contributed by atoms with van der Waals surface area (Å²) in [6.07, 6.45) is 0.316. The van der Waals surface area contributed by atoms with E-state index in [9.17, 15) is 4.79 Å². The summed E-state index contributed by atoms with van der Waals surface area (Å²) in [6.45, 7) is 4.20. The lowest BCUT2D eigenvalue weighted by molar-refractivity contribution is -0.137. The lowest BCUT2D eigenvalue weighted by Gasteiger charge is -2.12. The van der Waals surface area contributed by atoms with Crippen molar-refractivity contribution >= 4 is 5.97 Å². The molecular formula is C13H17N3O2. The van der Waals surface area contributed by atoms with Crippen LogP contribution < -0.4 is 0 Å². The van der Waals surface area contributed by atoms with Crippen LogP contribution >= 0.6 is 0 Å². The van der Waals surface area contributed by atoms with Crippen LogP contribution in [0.25, 0.3) is 10.4 Å². The van der Waals surface area contributed by atoms with Crippen LogP contribution in [0.5, 0.6) is 0 Å². The first-order valence-electron chi connectivity index (χ1n) is 5.90. The molecule has 18 heavy (non-hydrogen) atoms. The minimum atomic E-state index is -0.882. The summed E-state index contributed by atoms with van der Waals surface area (Å²) in [5, 5.41) is 12.3. The lowest BCUT2D eigenvalue weighted by Crippen LogP contribution is -2.01. The average Bonchev–Trinajstić information content (AvgIpc) is 2.34. The van der Waals surface area contributed by atoms with E-state index in [1.807, 2.05) is 24.3 Å². The van der Waals surface area contributed by atoms with Crippen molar-refractivity contribution in [2.45, 2.75) is 38.6 Å². The topological polar surface area (TPSA) is 86.1 Å². The lowest BCUT2D eigenvalue weighted by atomic mass is 9.97. The van der Waals surface area contributed by atoms with Crippen LogP contribution in [0, 0.1) is 0 Å². The number of benzene rings is 1. The van der Waals surface area contributed by atoms with Crippen molar-refractivity contribution < 1.29 is 9.90 Å². The fourth-order valence-corrected chi connectivity index (χ4v) is 1.72. The number of rotatable bonds is 6. The van der Waals surface area contributed by atoms with Gasteiger partial charge in [0.05, 0.1) is 6.04 Å². The number of aliphatic carboxylic acids is 1. The van der Waals surface area contributed by atoms with Gasteiger partial charge < -0.3 is 5.11 Å². The Morgan fingerprint density at radius 3 is 2.33 bits per heavy atom. The Kier molecular flexibility index (Phi) is 5.21. The summed E-state index contributed by atoms with van der Waals surface area (Å²) in [7, 11) is 0. The van der Waals surface area contributed by atoms with Crippen LogP contribution in [0.2, 0.25) is 0 Å². The second-order valence-electron chi connectivity index (χ2n) is 4.47. The third-order valence-corrected chi connectivity index (χ3v) is 2.81. The number of azide groups is 1. The number of hydrogen-bond acceptors (Lipinski definition) is 2. The van der Waals surface area contributed by atoms with Crippen molar-refractivity contribution in [2.75, 3.05) is 0 Å². The maximum Gasteiger partial charge on any atom is 0.303 e. The van der Waals surface area contributed by atoms with Crippen molar-refractivity contribution in [3.63, 3.8) is 0 Å². The average molecular weight is 247 g/mol. The van der Waals surface area contributed by atoms with Crippen LogP contribution in [0.4, 0.5) is 0 Å². The highest BCUT2D eigenvalue weighted by Gasteiger charge is 2.12. The number of carbonyl (C=O) groups is 1. The summed E-state index contributed by atoms with van der Waals surface area (Å²) in [4.78, 5) is 13.3. The number of carboxylic acids is 1.